The fraction of sp³-hybridized carbons (Fsp3) is 0.294. The molecule has 3 rings (SSSR count). The minimum absolute atomic E-state index is 0.0457. The highest BCUT2D eigenvalue weighted by molar-refractivity contribution is 7.27. The second-order valence-corrected chi connectivity index (χ2v) is 7.62. The van der Waals surface area contributed by atoms with Gasteiger partial charge in [0.2, 0.25) is 5.91 Å². The average molecular weight is 330 g/mol. The van der Waals surface area contributed by atoms with Crippen LogP contribution in [-0.4, -0.2) is 10.9 Å². The van der Waals surface area contributed by atoms with Crippen molar-refractivity contribution in [1.29, 1.82) is 0 Å². The summed E-state index contributed by atoms with van der Waals surface area (Å²) in [6.45, 7) is 10.2. The molecule has 22 heavy (non-hydrogen) atoms. The maximum absolute atomic E-state index is 11.1. The Kier molecular flexibility index (Phi) is 3.78. The fourth-order valence-corrected chi connectivity index (χ4v) is 4.73. The van der Waals surface area contributed by atoms with E-state index >= 15 is 0 Å². The highest BCUT2D eigenvalue weighted by Crippen LogP contribution is 2.40. The lowest BCUT2D eigenvalue weighted by molar-refractivity contribution is -0.114. The van der Waals surface area contributed by atoms with Crippen LogP contribution in [0.3, 0.4) is 0 Å². The standard InChI is InChI=1S/C17H18N2OS2/c1-8-9(2)11(4)16-15(10(8)3)19-17(22-16)13-6-7-14(21-13)18-12(5)20/h6-7H,1-5H3,(H,18,20). The number of fused-ring (bicyclic) bond motifs is 1. The summed E-state index contributed by atoms with van der Waals surface area (Å²) < 4.78 is 1.27. The van der Waals surface area contributed by atoms with Gasteiger partial charge in [0.1, 0.15) is 5.01 Å². The molecule has 0 aliphatic carbocycles. The Morgan fingerprint density at radius 2 is 1.68 bits per heavy atom. The lowest BCUT2D eigenvalue weighted by Gasteiger charge is -2.09. The number of thiazole rings is 1. The van der Waals surface area contributed by atoms with Gasteiger partial charge in [-0.1, -0.05) is 0 Å². The molecular formula is C17H18N2OS2. The Morgan fingerprint density at radius 3 is 2.36 bits per heavy atom. The molecule has 0 aliphatic heterocycles. The van der Waals surface area contributed by atoms with E-state index in [4.69, 9.17) is 4.98 Å². The van der Waals surface area contributed by atoms with Crippen LogP contribution in [0.1, 0.15) is 29.2 Å². The van der Waals surface area contributed by atoms with Gasteiger partial charge >= 0.3 is 0 Å². The van der Waals surface area contributed by atoms with Crippen molar-refractivity contribution in [3.63, 3.8) is 0 Å². The second-order valence-electron chi connectivity index (χ2n) is 5.54. The molecule has 1 aromatic carbocycles. The third-order valence-electron chi connectivity index (χ3n) is 4.13. The molecule has 1 amide bonds. The number of carbonyl (C=O) groups excluding carboxylic acids is 1. The molecule has 0 aliphatic rings. The van der Waals surface area contributed by atoms with Gasteiger partial charge in [0.25, 0.3) is 0 Å². The molecule has 0 bridgehead atoms. The fourth-order valence-electron chi connectivity index (χ4n) is 2.54. The van der Waals surface area contributed by atoms with Crippen LogP contribution < -0.4 is 5.32 Å². The number of rotatable bonds is 2. The van der Waals surface area contributed by atoms with E-state index in [-0.39, 0.29) is 5.91 Å². The molecule has 0 fully saturated rings. The molecule has 5 heteroatoms. The smallest absolute Gasteiger partial charge is 0.221 e. The van der Waals surface area contributed by atoms with E-state index in [9.17, 15) is 4.79 Å². The number of benzene rings is 1. The molecule has 1 N–H and O–H groups in total. The van der Waals surface area contributed by atoms with Crippen LogP contribution in [0.2, 0.25) is 0 Å². The monoisotopic (exact) mass is 330 g/mol. The van der Waals surface area contributed by atoms with Crippen molar-refractivity contribution in [2.45, 2.75) is 34.6 Å². The molecule has 2 aromatic heterocycles. The van der Waals surface area contributed by atoms with E-state index < -0.39 is 0 Å². The quantitative estimate of drug-likeness (QED) is 0.700. The number of nitrogens with one attached hydrogen (secondary N) is 1. The zero-order valence-corrected chi connectivity index (χ0v) is 15.0. The van der Waals surface area contributed by atoms with Crippen molar-refractivity contribution in [3.05, 3.63) is 34.4 Å². The Morgan fingerprint density at radius 1 is 1.00 bits per heavy atom. The Balaban J connectivity index is 2.13. The van der Waals surface area contributed by atoms with Crippen LogP contribution in [0.15, 0.2) is 12.1 Å². The minimum atomic E-state index is -0.0457. The van der Waals surface area contributed by atoms with E-state index in [0.717, 1.165) is 20.4 Å². The number of thiophene rings is 1. The summed E-state index contributed by atoms with van der Waals surface area (Å²) in [6.07, 6.45) is 0. The molecule has 0 unspecified atom stereocenters. The van der Waals surface area contributed by atoms with Crippen molar-refractivity contribution in [1.82, 2.24) is 4.98 Å². The average Bonchev–Trinajstić information content (AvgIpc) is 3.08. The molecule has 3 nitrogen and oxygen atoms in total. The van der Waals surface area contributed by atoms with Crippen molar-refractivity contribution in [3.8, 4) is 9.88 Å². The second kappa shape index (κ2) is 5.48. The molecule has 3 aromatic rings. The zero-order chi connectivity index (χ0) is 16.0. The number of carbonyl (C=O) groups is 1. The SMILES string of the molecule is CC(=O)Nc1ccc(-c2nc3c(C)c(C)c(C)c(C)c3s2)s1. The van der Waals surface area contributed by atoms with E-state index in [1.54, 1.807) is 22.7 Å². The summed E-state index contributed by atoms with van der Waals surface area (Å²) in [6, 6.07) is 3.96. The third kappa shape index (κ3) is 2.44. The molecule has 0 atom stereocenters. The molecular weight excluding hydrogens is 312 g/mol. The number of amides is 1. The maximum Gasteiger partial charge on any atom is 0.221 e. The van der Waals surface area contributed by atoms with Gasteiger partial charge in [-0.25, -0.2) is 4.98 Å². The molecule has 2 heterocycles. The van der Waals surface area contributed by atoms with Crippen molar-refractivity contribution < 1.29 is 4.79 Å². The maximum atomic E-state index is 11.1. The predicted octanol–water partition coefficient (Wildman–Crippen LogP) is 5.22. The van der Waals surface area contributed by atoms with Gasteiger partial charge in [0.05, 0.1) is 20.1 Å². The van der Waals surface area contributed by atoms with E-state index in [2.05, 4.69) is 33.0 Å². The highest BCUT2D eigenvalue weighted by atomic mass is 32.1. The first-order chi connectivity index (χ1) is 10.4. The van der Waals surface area contributed by atoms with Crippen molar-refractivity contribution in [2.24, 2.45) is 0 Å². The summed E-state index contributed by atoms with van der Waals surface area (Å²) >= 11 is 3.30. The topological polar surface area (TPSA) is 42.0 Å². The number of aromatic nitrogens is 1. The zero-order valence-electron chi connectivity index (χ0n) is 13.3. The first-order valence-electron chi connectivity index (χ1n) is 7.13. The largest absolute Gasteiger partial charge is 0.318 e. The number of anilines is 1. The van der Waals surface area contributed by atoms with Crippen LogP contribution in [0.5, 0.6) is 0 Å². The summed E-state index contributed by atoms with van der Waals surface area (Å²) in [5.41, 5.74) is 6.37. The van der Waals surface area contributed by atoms with E-state index in [1.165, 1.54) is 33.9 Å². The van der Waals surface area contributed by atoms with Crippen LogP contribution in [-0.2, 0) is 4.79 Å². The van der Waals surface area contributed by atoms with Gasteiger partial charge in [-0.2, -0.15) is 0 Å². The van der Waals surface area contributed by atoms with Crippen molar-refractivity contribution >= 4 is 43.8 Å². The summed E-state index contributed by atoms with van der Waals surface area (Å²) in [5.74, 6) is -0.0457. The van der Waals surface area contributed by atoms with Crippen LogP contribution in [0, 0.1) is 27.7 Å². The lowest BCUT2D eigenvalue weighted by Crippen LogP contribution is -2.03. The Hall–Kier alpha value is -1.72. The highest BCUT2D eigenvalue weighted by Gasteiger charge is 2.16. The number of nitrogens with zero attached hydrogens (tertiary/aromatic N) is 1. The Bertz CT molecular complexity index is 845. The number of aryl methyl sites for hydroxylation is 2. The Labute approximate surface area is 138 Å². The van der Waals surface area contributed by atoms with Gasteiger partial charge in [-0.15, -0.1) is 22.7 Å². The molecule has 0 saturated carbocycles. The molecule has 0 spiro atoms. The van der Waals surface area contributed by atoms with Crippen LogP contribution >= 0.6 is 22.7 Å². The molecule has 114 valence electrons. The molecule has 0 radical (unpaired) electrons. The summed E-state index contributed by atoms with van der Waals surface area (Å²) in [7, 11) is 0. The summed E-state index contributed by atoms with van der Waals surface area (Å²) in [4.78, 5) is 17.1. The predicted molar refractivity (Wildman–Crippen MR) is 96.2 cm³/mol. The normalized spacial score (nSPS) is 11.1. The molecule has 0 saturated heterocycles. The lowest BCUT2D eigenvalue weighted by atomic mass is 9.99. The van der Waals surface area contributed by atoms with Crippen molar-refractivity contribution in [2.75, 3.05) is 5.32 Å². The van der Waals surface area contributed by atoms with Gasteiger partial charge in [0.15, 0.2) is 0 Å². The van der Waals surface area contributed by atoms with Gasteiger partial charge in [-0.3, -0.25) is 4.79 Å². The van der Waals surface area contributed by atoms with E-state index in [0.29, 0.717) is 0 Å². The first-order valence-corrected chi connectivity index (χ1v) is 8.76. The van der Waals surface area contributed by atoms with Gasteiger partial charge in [0, 0.05) is 6.92 Å². The summed E-state index contributed by atoms with van der Waals surface area (Å²) in [5, 5.41) is 4.71. The van der Waals surface area contributed by atoms with Crippen LogP contribution in [0.4, 0.5) is 5.00 Å². The first kappa shape index (κ1) is 15.2. The number of hydrogen-bond donors (Lipinski definition) is 1. The number of hydrogen-bond acceptors (Lipinski definition) is 4. The van der Waals surface area contributed by atoms with Gasteiger partial charge in [-0.05, 0) is 62.1 Å². The van der Waals surface area contributed by atoms with Gasteiger partial charge < -0.3 is 5.32 Å². The van der Waals surface area contributed by atoms with Crippen LogP contribution in [0.25, 0.3) is 20.1 Å². The van der Waals surface area contributed by atoms with E-state index in [1.807, 2.05) is 12.1 Å². The minimum Gasteiger partial charge on any atom is -0.318 e. The third-order valence-corrected chi connectivity index (χ3v) is 6.47.